The Labute approximate surface area is 114 Å². The molecule has 0 saturated heterocycles. The second-order valence-electron chi connectivity index (χ2n) is 4.24. The molecule has 1 atom stereocenters. The number of fused-ring (bicyclic) bond motifs is 1. The summed E-state index contributed by atoms with van der Waals surface area (Å²) in [7, 11) is 0. The molecule has 0 aliphatic carbocycles. The highest BCUT2D eigenvalue weighted by atomic mass is 32.1. The van der Waals surface area contributed by atoms with Gasteiger partial charge in [0.05, 0.1) is 6.04 Å². The standard InChI is InChI=1S/C14H14N2S2/c15-16-12(7-10-5-6-17-9-10)14-8-11-3-1-2-4-13(11)18-14/h1-6,8-9,12,16H,7,15H2. The van der Waals surface area contributed by atoms with Crippen LogP contribution in [0.2, 0.25) is 0 Å². The number of nitrogens with one attached hydrogen (secondary N) is 1. The maximum Gasteiger partial charge on any atom is 0.0594 e. The summed E-state index contributed by atoms with van der Waals surface area (Å²) in [5.74, 6) is 5.70. The minimum Gasteiger partial charge on any atom is -0.271 e. The molecule has 3 aromatic rings. The number of hydrogen-bond donors (Lipinski definition) is 2. The molecule has 0 aliphatic heterocycles. The van der Waals surface area contributed by atoms with E-state index in [9.17, 15) is 0 Å². The lowest BCUT2D eigenvalue weighted by atomic mass is 10.1. The van der Waals surface area contributed by atoms with Gasteiger partial charge in [0.1, 0.15) is 0 Å². The molecule has 3 rings (SSSR count). The molecule has 1 aromatic carbocycles. The molecular weight excluding hydrogens is 260 g/mol. The maximum atomic E-state index is 5.70. The molecule has 0 radical (unpaired) electrons. The predicted octanol–water partition coefficient (Wildman–Crippen LogP) is 3.71. The molecule has 0 fully saturated rings. The van der Waals surface area contributed by atoms with Crippen LogP contribution in [0.4, 0.5) is 0 Å². The first-order valence-corrected chi connectivity index (χ1v) is 7.58. The van der Waals surface area contributed by atoms with Gasteiger partial charge in [-0.3, -0.25) is 11.3 Å². The molecule has 4 heteroatoms. The Morgan fingerprint density at radius 1 is 1.22 bits per heavy atom. The van der Waals surface area contributed by atoms with E-state index < -0.39 is 0 Å². The first kappa shape index (κ1) is 11.9. The molecule has 0 saturated carbocycles. The Morgan fingerprint density at radius 2 is 2.11 bits per heavy atom. The zero-order valence-corrected chi connectivity index (χ0v) is 11.4. The van der Waals surface area contributed by atoms with Gasteiger partial charge in [0.25, 0.3) is 0 Å². The average molecular weight is 274 g/mol. The van der Waals surface area contributed by atoms with Gasteiger partial charge >= 0.3 is 0 Å². The smallest absolute Gasteiger partial charge is 0.0594 e. The molecule has 92 valence electrons. The quantitative estimate of drug-likeness (QED) is 0.562. The zero-order chi connectivity index (χ0) is 12.4. The van der Waals surface area contributed by atoms with E-state index in [-0.39, 0.29) is 6.04 Å². The fourth-order valence-corrected chi connectivity index (χ4v) is 3.87. The highest BCUT2D eigenvalue weighted by molar-refractivity contribution is 7.19. The fourth-order valence-electron chi connectivity index (χ4n) is 2.06. The maximum absolute atomic E-state index is 5.70. The fraction of sp³-hybridized carbons (Fsp3) is 0.143. The van der Waals surface area contributed by atoms with Crippen molar-refractivity contribution >= 4 is 32.8 Å². The molecule has 0 amide bonds. The van der Waals surface area contributed by atoms with E-state index in [1.165, 1.54) is 20.5 Å². The van der Waals surface area contributed by atoms with Gasteiger partial charge in [-0.25, -0.2) is 0 Å². The van der Waals surface area contributed by atoms with Crippen molar-refractivity contribution < 1.29 is 0 Å². The third-order valence-corrected chi connectivity index (χ3v) is 4.97. The van der Waals surface area contributed by atoms with Crippen LogP contribution in [0, 0.1) is 0 Å². The number of hydrazine groups is 1. The van der Waals surface area contributed by atoms with Crippen molar-refractivity contribution in [2.45, 2.75) is 12.5 Å². The molecule has 0 spiro atoms. The lowest BCUT2D eigenvalue weighted by Crippen LogP contribution is -2.28. The largest absolute Gasteiger partial charge is 0.271 e. The zero-order valence-electron chi connectivity index (χ0n) is 9.80. The summed E-state index contributed by atoms with van der Waals surface area (Å²) < 4.78 is 1.32. The Balaban J connectivity index is 1.90. The van der Waals surface area contributed by atoms with Gasteiger partial charge in [-0.15, -0.1) is 11.3 Å². The number of hydrogen-bond acceptors (Lipinski definition) is 4. The van der Waals surface area contributed by atoms with E-state index in [4.69, 9.17) is 5.84 Å². The number of benzene rings is 1. The molecule has 2 aromatic heterocycles. The minimum atomic E-state index is 0.192. The SMILES string of the molecule is NNC(Cc1ccsc1)c1cc2ccccc2s1. The third-order valence-electron chi connectivity index (χ3n) is 3.01. The monoisotopic (exact) mass is 274 g/mol. The van der Waals surface area contributed by atoms with Gasteiger partial charge in [0.15, 0.2) is 0 Å². The van der Waals surface area contributed by atoms with E-state index in [1.807, 2.05) is 11.3 Å². The third kappa shape index (κ3) is 2.33. The minimum absolute atomic E-state index is 0.192. The van der Waals surface area contributed by atoms with Crippen LogP contribution in [0.15, 0.2) is 47.2 Å². The summed E-state index contributed by atoms with van der Waals surface area (Å²) in [6.45, 7) is 0. The molecule has 2 heterocycles. The van der Waals surface area contributed by atoms with Crippen LogP contribution in [0.3, 0.4) is 0 Å². The highest BCUT2D eigenvalue weighted by Gasteiger charge is 2.13. The van der Waals surface area contributed by atoms with E-state index in [1.54, 1.807) is 11.3 Å². The molecule has 0 bridgehead atoms. The van der Waals surface area contributed by atoms with Gasteiger partial charge < -0.3 is 0 Å². The lowest BCUT2D eigenvalue weighted by molar-refractivity contribution is 0.561. The van der Waals surface area contributed by atoms with Gasteiger partial charge in [0, 0.05) is 9.58 Å². The molecule has 18 heavy (non-hydrogen) atoms. The molecule has 3 N–H and O–H groups in total. The van der Waals surface area contributed by atoms with E-state index >= 15 is 0 Å². The van der Waals surface area contributed by atoms with Crippen molar-refractivity contribution in [3.8, 4) is 0 Å². The Hall–Kier alpha value is -1.20. The van der Waals surface area contributed by atoms with Crippen LogP contribution in [0.25, 0.3) is 10.1 Å². The van der Waals surface area contributed by atoms with Gasteiger partial charge in [-0.05, 0) is 46.3 Å². The summed E-state index contributed by atoms with van der Waals surface area (Å²) in [6.07, 6.45) is 0.937. The predicted molar refractivity (Wildman–Crippen MR) is 79.9 cm³/mol. The first-order chi connectivity index (χ1) is 8.86. The lowest BCUT2D eigenvalue weighted by Gasteiger charge is -2.12. The van der Waals surface area contributed by atoms with Crippen LogP contribution in [0.1, 0.15) is 16.5 Å². The summed E-state index contributed by atoms with van der Waals surface area (Å²) in [5.41, 5.74) is 4.27. The van der Waals surface area contributed by atoms with Crippen LogP contribution < -0.4 is 11.3 Å². The number of thiophene rings is 2. The average Bonchev–Trinajstić information content (AvgIpc) is 3.04. The van der Waals surface area contributed by atoms with Gasteiger partial charge in [0.2, 0.25) is 0 Å². The van der Waals surface area contributed by atoms with E-state index in [0.717, 1.165) is 6.42 Å². The topological polar surface area (TPSA) is 38.0 Å². The molecule has 1 unspecified atom stereocenters. The van der Waals surface area contributed by atoms with Gasteiger partial charge in [-0.2, -0.15) is 11.3 Å². The highest BCUT2D eigenvalue weighted by Crippen LogP contribution is 2.31. The van der Waals surface area contributed by atoms with Crippen molar-refractivity contribution in [3.05, 3.63) is 57.6 Å². The van der Waals surface area contributed by atoms with Crippen molar-refractivity contribution in [3.63, 3.8) is 0 Å². The van der Waals surface area contributed by atoms with Crippen molar-refractivity contribution in [1.29, 1.82) is 0 Å². The second-order valence-corrected chi connectivity index (χ2v) is 6.14. The van der Waals surface area contributed by atoms with Crippen LogP contribution in [0.5, 0.6) is 0 Å². The Kier molecular flexibility index (Phi) is 3.43. The molecular formula is C14H14N2S2. The van der Waals surface area contributed by atoms with Crippen molar-refractivity contribution in [2.75, 3.05) is 0 Å². The normalized spacial score (nSPS) is 12.9. The summed E-state index contributed by atoms with van der Waals surface area (Å²) in [4.78, 5) is 1.30. The second kappa shape index (κ2) is 5.20. The molecule has 2 nitrogen and oxygen atoms in total. The van der Waals surface area contributed by atoms with E-state index in [2.05, 4.69) is 52.6 Å². The summed E-state index contributed by atoms with van der Waals surface area (Å²) >= 11 is 3.54. The number of nitrogens with two attached hydrogens (primary N) is 1. The molecule has 0 aliphatic rings. The van der Waals surface area contributed by atoms with Crippen molar-refractivity contribution in [2.24, 2.45) is 5.84 Å². The summed E-state index contributed by atoms with van der Waals surface area (Å²) in [6, 6.07) is 13.0. The summed E-state index contributed by atoms with van der Waals surface area (Å²) in [5, 5.41) is 5.58. The number of rotatable bonds is 4. The van der Waals surface area contributed by atoms with Crippen LogP contribution in [-0.4, -0.2) is 0 Å². The van der Waals surface area contributed by atoms with Crippen LogP contribution in [-0.2, 0) is 6.42 Å². The first-order valence-electron chi connectivity index (χ1n) is 5.82. The Morgan fingerprint density at radius 3 is 2.83 bits per heavy atom. The van der Waals surface area contributed by atoms with Gasteiger partial charge in [-0.1, -0.05) is 18.2 Å². The Bertz CT molecular complexity index is 595. The van der Waals surface area contributed by atoms with Crippen LogP contribution >= 0.6 is 22.7 Å². The van der Waals surface area contributed by atoms with Crippen molar-refractivity contribution in [1.82, 2.24) is 5.43 Å². The van der Waals surface area contributed by atoms with E-state index in [0.29, 0.717) is 0 Å².